The molecule has 0 saturated carbocycles. The van der Waals surface area contributed by atoms with Gasteiger partial charge in [-0.1, -0.05) is 0 Å². The normalized spacial score (nSPS) is 18.8. The molecule has 0 aromatic carbocycles. The van der Waals surface area contributed by atoms with E-state index in [0.29, 0.717) is 5.56 Å². The molecule has 0 spiro atoms. The number of amides is 1. The molecular formula is C12H11N3O3. The van der Waals surface area contributed by atoms with Crippen LogP contribution in [0.3, 0.4) is 0 Å². The van der Waals surface area contributed by atoms with Gasteiger partial charge in [-0.25, -0.2) is 4.98 Å². The third-order valence-corrected chi connectivity index (χ3v) is 2.91. The topological polar surface area (TPSA) is 76.3 Å². The van der Waals surface area contributed by atoms with E-state index in [2.05, 4.69) is 10.9 Å². The molecule has 92 valence electrons. The van der Waals surface area contributed by atoms with E-state index < -0.39 is 4.92 Å². The second-order valence-corrected chi connectivity index (χ2v) is 4.13. The van der Waals surface area contributed by atoms with Gasteiger partial charge in [-0.2, -0.15) is 0 Å². The Hall–Kier alpha value is -2.42. The van der Waals surface area contributed by atoms with E-state index in [9.17, 15) is 14.9 Å². The van der Waals surface area contributed by atoms with Crippen LogP contribution in [-0.4, -0.2) is 22.4 Å². The van der Waals surface area contributed by atoms with E-state index in [0.717, 1.165) is 0 Å². The number of carbonyl (C=O) groups excluding carboxylic acids is 1. The zero-order valence-electron chi connectivity index (χ0n) is 9.79. The monoisotopic (exact) mass is 245 g/mol. The first-order valence-electron chi connectivity index (χ1n) is 5.41. The van der Waals surface area contributed by atoms with Crippen LogP contribution >= 0.6 is 0 Å². The molecule has 1 aromatic heterocycles. The van der Waals surface area contributed by atoms with Crippen LogP contribution in [0.25, 0.3) is 0 Å². The van der Waals surface area contributed by atoms with Crippen LogP contribution < -0.4 is 4.90 Å². The summed E-state index contributed by atoms with van der Waals surface area (Å²) in [4.78, 5) is 27.6. The second-order valence-electron chi connectivity index (χ2n) is 4.13. The van der Waals surface area contributed by atoms with Crippen LogP contribution in [0.2, 0.25) is 0 Å². The highest BCUT2D eigenvalue weighted by Gasteiger charge is 2.35. The van der Waals surface area contributed by atoms with Gasteiger partial charge in [0.25, 0.3) is 0 Å². The predicted octanol–water partition coefficient (Wildman–Crippen LogP) is 1.28. The van der Waals surface area contributed by atoms with Gasteiger partial charge in [-0.15, -0.1) is 12.3 Å². The second kappa shape index (κ2) is 4.45. The Balaban J connectivity index is 2.47. The Kier molecular flexibility index (Phi) is 2.98. The van der Waals surface area contributed by atoms with Gasteiger partial charge < -0.3 is 0 Å². The Bertz CT molecular complexity index is 562. The molecule has 0 aliphatic carbocycles. The standard InChI is InChI=1S/C12H11N3O3/c1-3-9-6-10(16)14(7-9)12-11(15(17)18)8(2)4-5-13-12/h1,4-5,9H,6-7H2,2H3. The van der Waals surface area contributed by atoms with E-state index in [1.165, 1.54) is 11.1 Å². The summed E-state index contributed by atoms with van der Waals surface area (Å²) >= 11 is 0. The molecular weight excluding hydrogens is 234 g/mol. The number of anilines is 1. The number of terminal acetylenes is 1. The smallest absolute Gasteiger partial charge is 0.290 e. The van der Waals surface area contributed by atoms with Crippen molar-refractivity contribution in [2.24, 2.45) is 5.92 Å². The number of nitro groups is 1. The van der Waals surface area contributed by atoms with Crippen LogP contribution in [0.1, 0.15) is 12.0 Å². The number of carbonyl (C=O) groups is 1. The van der Waals surface area contributed by atoms with E-state index in [1.807, 2.05) is 0 Å². The molecule has 1 amide bonds. The number of aromatic nitrogens is 1. The Morgan fingerprint density at radius 3 is 2.94 bits per heavy atom. The summed E-state index contributed by atoms with van der Waals surface area (Å²) in [6.45, 7) is 1.90. The molecule has 2 rings (SSSR count). The van der Waals surface area contributed by atoms with E-state index in [4.69, 9.17) is 6.42 Å². The van der Waals surface area contributed by atoms with Gasteiger partial charge in [0.05, 0.1) is 4.92 Å². The minimum absolute atomic E-state index is 0.0859. The van der Waals surface area contributed by atoms with E-state index >= 15 is 0 Å². The number of rotatable bonds is 2. The van der Waals surface area contributed by atoms with Gasteiger partial charge >= 0.3 is 5.69 Å². The zero-order valence-corrected chi connectivity index (χ0v) is 9.79. The SMILES string of the molecule is C#CC1CC(=O)N(c2nccc(C)c2[N+](=O)[O-])C1. The molecule has 0 N–H and O–H groups in total. The molecule has 2 heterocycles. The predicted molar refractivity (Wildman–Crippen MR) is 64.9 cm³/mol. The molecule has 1 atom stereocenters. The van der Waals surface area contributed by atoms with Crippen molar-refractivity contribution >= 4 is 17.4 Å². The van der Waals surface area contributed by atoms with Crippen LogP contribution in [-0.2, 0) is 4.79 Å². The van der Waals surface area contributed by atoms with E-state index in [-0.39, 0.29) is 36.3 Å². The Morgan fingerprint density at radius 2 is 2.39 bits per heavy atom. The minimum atomic E-state index is -0.520. The van der Waals surface area contributed by atoms with Crippen LogP contribution in [0.5, 0.6) is 0 Å². The Labute approximate surface area is 104 Å². The van der Waals surface area contributed by atoms with Crippen molar-refractivity contribution in [2.45, 2.75) is 13.3 Å². The summed E-state index contributed by atoms with van der Waals surface area (Å²) in [6, 6.07) is 1.54. The van der Waals surface area contributed by atoms with Crippen molar-refractivity contribution in [3.05, 3.63) is 27.9 Å². The summed E-state index contributed by atoms with van der Waals surface area (Å²) in [6.07, 6.45) is 6.95. The lowest BCUT2D eigenvalue weighted by Gasteiger charge is -2.15. The highest BCUT2D eigenvalue weighted by molar-refractivity contribution is 5.97. The molecule has 0 radical (unpaired) electrons. The van der Waals surface area contributed by atoms with Gasteiger partial charge in [0.1, 0.15) is 0 Å². The fourth-order valence-electron chi connectivity index (χ4n) is 1.98. The number of nitrogens with zero attached hydrogens (tertiary/aromatic N) is 3. The molecule has 6 heteroatoms. The maximum Gasteiger partial charge on any atom is 0.314 e. The largest absolute Gasteiger partial charge is 0.314 e. The average Bonchev–Trinajstić information content (AvgIpc) is 2.69. The highest BCUT2D eigenvalue weighted by atomic mass is 16.6. The molecule has 6 nitrogen and oxygen atoms in total. The molecule has 1 unspecified atom stereocenters. The summed E-state index contributed by atoms with van der Waals surface area (Å²) < 4.78 is 0. The van der Waals surface area contributed by atoms with Gasteiger partial charge in [0.15, 0.2) is 0 Å². The van der Waals surface area contributed by atoms with Crippen molar-refractivity contribution in [3.63, 3.8) is 0 Å². The van der Waals surface area contributed by atoms with Crippen LogP contribution in [0, 0.1) is 35.3 Å². The molecule has 1 aliphatic heterocycles. The third-order valence-electron chi connectivity index (χ3n) is 2.91. The van der Waals surface area contributed by atoms with E-state index in [1.54, 1.807) is 13.0 Å². The van der Waals surface area contributed by atoms with Gasteiger partial charge in [0.2, 0.25) is 11.7 Å². The maximum atomic E-state index is 11.8. The lowest BCUT2D eigenvalue weighted by Crippen LogP contribution is -2.26. The minimum Gasteiger partial charge on any atom is -0.290 e. The first kappa shape index (κ1) is 12.0. The lowest BCUT2D eigenvalue weighted by molar-refractivity contribution is -0.384. The average molecular weight is 245 g/mol. The summed E-state index contributed by atoms with van der Waals surface area (Å²) in [5.41, 5.74) is 0.338. The lowest BCUT2D eigenvalue weighted by atomic mass is 10.1. The molecule has 1 aliphatic rings. The molecule has 18 heavy (non-hydrogen) atoms. The number of pyridine rings is 1. The number of hydrogen-bond acceptors (Lipinski definition) is 4. The summed E-state index contributed by atoms with van der Waals surface area (Å²) in [5.74, 6) is 2.15. The van der Waals surface area contributed by atoms with Gasteiger partial charge in [0, 0.05) is 30.6 Å². The number of hydrogen-bond donors (Lipinski definition) is 0. The van der Waals surface area contributed by atoms with Crippen molar-refractivity contribution in [1.29, 1.82) is 0 Å². The molecule has 0 bridgehead atoms. The van der Waals surface area contributed by atoms with Crippen molar-refractivity contribution in [3.8, 4) is 12.3 Å². The van der Waals surface area contributed by atoms with Crippen molar-refractivity contribution < 1.29 is 9.72 Å². The van der Waals surface area contributed by atoms with Crippen LogP contribution in [0.15, 0.2) is 12.3 Å². The highest BCUT2D eigenvalue weighted by Crippen LogP contribution is 2.32. The first-order chi connectivity index (χ1) is 8.54. The summed E-state index contributed by atoms with van der Waals surface area (Å²) in [5, 5.41) is 11.0. The third kappa shape index (κ3) is 1.91. The summed E-state index contributed by atoms with van der Waals surface area (Å²) in [7, 11) is 0. The fraction of sp³-hybridized carbons (Fsp3) is 0.333. The molecule has 1 fully saturated rings. The zero-order chi connectivity index (χ0) is 13.3. The van der Waals surface area contributed by atoms with Crippen molar-refractivity contribution in [2.75, 3.05) is 11.4 Å². The number of aryl methyl sites for hydroxylation is 1. The van der Waals surface area contributed by atoms with Crippen molar-refractivity contribution in [1.82, 2.24) is 4.98 Å². The van der Waals surface area contributed by atoms with Gasteiger partial charge in [-0.05, 0) is 13.0 Å². The fourth-order valence-corrected chi connectivity index (χ4v) is 1.98. The Morgan fingerprint density at radius 1 is 1.67 bits per heavy atom. The quantitative estimate of drug-likeness (QED) is 0.447. The maximum absolute atomic E-state index is 11.8. The van der Waals surface area contributed by atoms with Gasteiger partial charge in [-0.3, -0.25) is 19.8 Å². The van der Waals surface area contributed by atoms with Crippen LogP contribution in [0.4, 0.5) is 11.5 Å². The molecule has 1 aromatic rings. The molecule has 1 saturated heterocycles. The first-order valence-corrected chi connectivity index (χ1v) is 5.41.